The van der Waals surface area contributed by atoms with E-state index in [-0.39, 0.29) is 0 Å². The van der Waals surface area contributed by atoms with Gasteiger partial charge in [-0.05, 0) is 37.1 Å². The van der Waals surface area contributed by atoms with E-state index in [9.17, 15) is 0 Å². The summed E-state index contributed by atoms with van der Waals surface area (Å²) in [5, 5.41) is 5.15. The molecule has 0 saturated heterocycles. The summed E-state index contributed by atoms with van der Waals surface area (Å²) in [6, 6.07) is 42.9. The Bertz CT molecular complexity index is 886. The molecule has 0 heterocycles. The fourth-order valence-electron chi connectivity index (χ4n) is 3.72. The zero-order valence-electron chi connectivity index (χ0n) is 17.4. The van der Waals surface area contributed by atoms with Crippen LogP contribution in [0.25, 0.3) is 0 Å². The van der Waals surface area contributed by atoms with Gasteiger partial charge in [-0.2, -0.15) is 6.42 Å². The summed E-state index contributed by atoms with van der Waals surface area (Å²) >= 11 is 10.0. The van der Waals surface area contributed by atoms with Gasteiger partial charge in [0.05, 0.1) is 4.36 Å². The Morgan fingerprint density at radius 2 is 0.750 bits per heavy atom. The SMILES string of the molecule is [CH2-]CC(Cl)(P(c1ccccc1)c1ccccc1)P(c1ccccc1)c1ccccc1.[Cl][Pd+]. The van der Waals surface area contributed by atoms with Gasteiger partial charge in [-0.3, -0.25) is 0 Å². The molecule has 5 heteroatoms. The van der Waals surface area contributed by atoms with Crippen LogP contribution in [0.2, 0.25) is 0 Å². The third kappa shape index (κ3) is 5.91. The van der Waals surface area contributed by atoms with E-state index in [1.807, 2.05) is 0 Å². The molecule has 0 aliphatic heterocycles. The van der Waals surface area contributed by atoms with Crippen molar-refractivity contribution in [3.63, 3.8) is 0 Å². The number of benzene rings is 4. The van der Waals surface area contributed by atoms with Gasteiger partial charge in [-0.1, -0.05) is 121 Å². The second-order valence-corrected chi connectivity index (χ2v) is 13.4. The average Bonchev–Trinajstić information content (AvgIpc) is 2.88. The molecule has 0 N–H and O–H groups in total. The molecule has 0 saturated carbocycles. The molecule has 0 aromatic heterocycles. The summed E-state index contributed by atoms with van der Waals surface area (Å²) in [4.78, 5) is 0. The van der Waals surface area contributed by atoms with E-state index in [0.717, 1.165) is 0 Å². The first kappa shape index (κ1) is 25.6. The summed E-state index contributed by atoms with van der Waals surface area (Å²) < 4.78 is -0.518. The van der Waals surface area contributed by atoms with Crippen molar-refractivity contribution in [2.24, 2.45) is 0 Å². The Balaban J connectivity index is 0.00000141. The fourth-order valence-corrected chi connectivity index (χ4v) is 11.6. The molecule has 4 aromatic carbocycles. The maximum atomic E-state index is 7.79. The molecule has 0 radical (unpaired) electrons. The Morgan fingerprint density at radius 1 is 0.531 bits per heavy atom. The molecule has 0 aliphatic carbocycles. The van der Waals surface area contributed by atoms with Gasteiger partial charge in [0.1, 0.15) is 0 Å². The van der Waals surface area contributed by atoms with E-state index < -0.39 is 20.2 Å². The van der Waals surface area contributed by atoms with Gasteiger partial charge >= 0.3 is 27.7 Å². The maximum absolute atomic E-state index is 7.79. The van der Waals surface area contributed by atoms with E-state index in [1.54, 1.807) is 0 Å². The second kappa shape index (κ2) is 13.0. The standard InChI is InChI=1S/C27H24ClP2.ClH.Pd/c1-2-27(28,29(23-15-7-3-8-16-23)24-17-9-4-10-18-24)30(25-19-11-5-12-20-25)26-21-13-6-14-22-26;;/h3-22H,1-2H2;1H;/q-1;;+2/p-1. The normalized spacial score (nSPS) is 11.2. The van der Waals surface area contributed by atoms with Crippen molar-refractivity contribution in [3.05, 3.63) is 128 Å². The molecule has 0 amide bonds. The number of alkyl halides is 1. The minimum absolute atomic E-state index is 0.518. The van der Waals surface area contributed by atoms with Crippen LogP contribution in [0.3, 0.4) is 0 Å². The van der Waals surface area contributed by atoms with E-state index in [1.165, 1.54) is 21.2 Å². The van der Waals surface area contributed by atoms with Crippen LogP contribution in [-0.4, -0.2) is 4.36 Å². The topological polar surface area (TPSA) is 0 Å². The summed E-state index contributed by atoms with van der Waals surface area (Å²) in [5.74, 6) is 0. The number of rotatable bonds is 7. The summed E-state index contributed by atoms with van der Waals surface area (Å²) in [6.07, 6.45) is 0.638. The van der Waals surface area contributed by atoms with Gasteiger partial charge in [0, 0.05) is 0 Å². The van der Waals surface area contributed by atoms with Crippen LogP contribution in [-0.2, 0) is 18.2 Å². The van der Waals surface area contributed by atoms with Gasteiger partial charge < -0.3 is 6.92 Å². The number of halogens is 2. The molecule has 0 atom stereocenters. The number of hydrogen-bond acceptors (Lipinski definition) is 0. The van der Waals surface area contributed by atoms with Gasteiger partial charge in [-0.15, -0.1) is 11.6 Å². The van der Waals surface area contributed by atoms with Crippen molar-refractivity contribution in [2.75, 3.05) is 0 Å². The van der Waals surface area contributed by atoms with Gasteiger partial charge in [0.15, 0.2) is 0 Å². The van der Waals surface area contributed by atoms with Crippen LogP contribution >= 0.6 is 37.0 Å². The first-order chi connectivity index (χ1) is 15.7. The molecule has 0 bridgehead atoms. The molecular formula is C27H24Cl2P2Pd. The Kier molecular flexibility index (Phi) is 10.4. The monoisotopic (exact) mass is 586 g/mol. The van der Waals surface area contributed by atoms with Crippen molar-refractivity contribution in [1.29, 1.82) is 0 Å². The molecule has 0 unspecified atom stereocenters. The number of hydrogen-bond donors (Lipinski definition) is 0. The zero-order chi connectivity index (χ0) is 22.8. The third-order valence-corrected chi connectivity index (χ3v) is 12.5. The summed E-state index contributed by atoms with van der Waals surface area (Å²) in [6.45, 7) is 4.40. The average molecular weight is 588 g/mol. The molecule has 0 aliphatic rings. The quantitative estimate of drug-likeness (QED) is 0.0941. The van der Waals surface area contributed by atoms with Gasteiger partial charge in [0.25, 0.3) is 0 Å². The van der Waals surface area contributed by atoms with Gasteiger partial charge in [-0.25, -0.2) is 0 Å². The first-order valence-electron chi connectivity index (χ1n) is 10.1. The minimum atomic E-state index is -0.851. The van der Waals surface area contributed by atoms with E-state index in [0.29, 0.717) is 6.42 Å². The van der Waals surface area contributed by atoms with Crippen molar-refractivity contribution in [2.45, 2.75) is 10.8 Å². The van der Waals surface area contributed by atoms with Gasteiger partial charge in [0.2, 0.25) is 0 Å². The summed E-state index contributed by atoms with van der Waals surface area (Å²) in [7, 11) is 2.79. The molecule has 32 heavy (non-hydrogen) atoms. The molecule has 0 spiro atoms. The van der Waals surface area contributed by atoms with Crippen LogP contribution < -0.4 is 21.2 Å². The predicted molar refractivity (Wildman–Crippen MR) is 143 cm³/mol. The molecule has 4 rings (SSSR count). The van der Waals surface area contributed by atoms with Crippen LogP contribution in [0.15, 0.2) is 121 Å². The summed E-state index contributed by atoms with van der Waals surface area (Å²) in [5.41, 5.74) is 0. The predicted octanol–water partition coefficient (Wildman–Crippen LogP) is 7.06. The molecular weight excluding hydrogens is 564 g/mol. The Morgan fingerprint density at radius 3 is 0.938 bits per heavy atom. The Labute approximate surface area is 214 Å². The Hall–Kier alpha value is -1.02. The molecule has 0 nitrogen and oxygen atoms in total. The van der Waals surface area contributed by atoms with Crippen molar-refractivity contribution < 1.29 is 18.2 Å². The van der Waals surface area contributed by atoms with Crippen LogP contribution in [0.1, 0.15) is 6.42 Å². The first-order valence-corrected chi connectivity index (χ1v) is 15.2. The van der Waals surface area contributed by atoms with Crippen LogP contribution in [0.5, 0.6) is 0 Å². The zero-order valence-corrected chi connectivity index (χ0v) is 22.3. The van der Waals surface area contributed by atoms with Crippen molar-refractivity contribution in [1.82, 2.24) is 0 Å². The second-order valence-electron chi connectivity index (χ2n) is 6.98. The van der Waals surface area contributed by atoms with E-state index in [2.05, 4.69) is 156 Å². The molecule has 0 fully saturated rings. The van der Waals surface area contributed by atoms with Crippen molar-refractivity contribution >= 4 is 58.2 Å². The molecule has 166 valence electrons. The van der Waals surface area contributed by atoms with E-state index >= 15 is 0 Å². The van der Waals surface area contributed by atoms with E-state index in [4.69, 9.17) is 11.6 Å². The van der Waals surface area contributed by atoms with Crippen molar-refractivity contribution in [3.8, 4) is 0 Å². The van der Waals surface area contributed by atoms with Crippen LogP contribution in [0.4, 0.5) is 0 Å². The fraction of sp³-hybridized carbons (Fsp3) is 0.0741. The molecule has 4 aromatic rings. The van der Waals surface area contributed by atoms with Crippen LogP contribution in [0, 0.1) is 6.92 Å². The third-order valence-electron chi connectivity index (χ3n) is 5.06.